The number of hydrogen-bond acceptors (Lipinski definition) is 9. The van der Waals surface area contributed by atoms with Crippen LogP contribution in [0.4, 0.5) is 10.5 Å². The molecule has 3 amide bonds. The number of primary sulfonamides is 1. The van der Waals surface area contributed by atoms with Gasteiger partial charge in [0.25, 0.3) is 11.1 Å². The number of carbonyl (C=O) groups is 3. The van der Waals surface area contributed by atoms with Crippen molar-refractivity contribution in [2.45, 2.75) is 43.4 Å². The predicted octanol–water partition coefficient (Wildman–Crippen LogP) is 2.27. The molecular weight excluding hydrogens is 470 g/mol. The molecule has 2 fully saturated rings. The van der Waals surface area contributed by atoms with E-state index in [2.05, 4.69) is 15.5 Å². The summed E-state index contributed by atoms with van der Waals surface area (Å²) in [6.45, 7) is 1.31. The molecule has 1 aliphatic carbocycles. The lowest BCUT2D eigenvalue weighted by molar-refractivity contribution is -0.127. The van der Waals surface area contributed by atoms with Crippen LogP contribution in [-0.2, 0) is 19.6 Å². The summed E-state index contributed by atoms with van der Waals surface area (Å²) in [4.78, 5) is 43.1. The van der Waals surface area contributed by atoms with E-state index in [-0.39, 0.29) is 10.8 Å². The van der Waals surface area contributed by atoms with Crippen LogP contribution < -0.4 is 10.5 Å². The molecule has 2 heterocycles. The van der Waals surface area contributed by atoms with Crippen LogP contribution in [-0.4, -0.2) is 47.1 Å². The number of anilines is 1. The van der Waals surface area contributed by atoms with Gasteiger partial charge in [0.05, 0.1) is 9.80 Å². The van der Waals surface area contributed by atoms with Gasteiger partial charge in [-0.1, -0.05) is 10.7 Å². The maximum absolute atomic E-state index is 12.8. The summed E-state index contributed by atoms with van der Waals surface area (Å²) < 4.78 is 27.9. The van der Waals surface area contributed by atoms with E-state index >= 15 is 0 Å². The van der Waals surface area contributed by atoms with E-state index in [1.54, 1.807) is 6.92 Å². The average molecular weight is 492 g/mol. The van der Waals surface area contributed by atoms with Gasteiger partial charge in [0.1, 0.15) is 6.54 Å². The van der Waals surface area contributed by atoms with Crippen LogP contribution in [0.5, 0.6) is 0 Å². The fourth-order valence-electron chi connectivity index (χ4n) is 3.74. The lowest BCUT2D eigenvalue weighted by Crippen LogP contribution is -2.36. The quantitative estimate of drug-likeness (QED) is 0.597. The maximum Gasteiger partial charge on any atom is 0.294 e. The van der Waals surface area contributed by atoms with Crippen molar-refractivity contribution in [2.75, 3.05) is 11.9 Å². The molecule has 1 saturated carbocycles. The number of aryl methyl sites for hydroxylation is 1. The zero-order valence-electron chi connectivity index (χ0n) is 17.6. The zero-order chi connectivity index (χ0) is 23.8. The molecule has 0 spiro atoms. The SMILES string of the molecule is Cc1noc(C2CCC(=C3SC(=O)N(CC(=O)Nc4ccc(S(N)(=O)=O)cc4)C3=O)CC2)n1. The number of thioether (sulfide) groups is 1. The second-order valence-electron chi connectivity index (χ2n) is 7.76. The van der Waals surface area contributed by atoms with Gasteiger partial charge in [0, 0.05) is 11.6 Å². The Morgan fingerprint density at radius 1 is 1.24 bits per heavy atom. The number of benzene rings is 1. The van der Waals surface area contributed by atoms with E-state index in [0.717, 1.165) is 35.1 Å². The third kappa shape index (κ3) is 5.15. The van der Waals surface area contributed by atoms with E-state index in [4.69, 9.17) is 9.66 Å². The second kappa shape index (κ2) is 9.08. The van der Waals surface area contributed by atoms with Crippen molar-refractivity contribution in [1.82, 2.24) is 15.0 Å². The van der Waals surface area contributed by atoms with Crippen molar-refractivity contribution < 1.29 is 27.3 Å². The largest absolute Gasteiger partial charge is 0.339 e. The summed E-state index contributed by atoms with van der Waals surface area (Å²) in [5.74, 6) is 0.230. The molecule has 174 valence electrons. The molecule has 4 rings (SSSR count). The number of amides is 3. The fourth-order valence-corrected chi connectivity index (χ4v) is 5.24. The Morgan fingerprint density at radius 3 is 2.48 bits per heavy atom. The summed E-state index contributed by atoms with van der Waals surface area (Å²) in [5, 5.41) is 10.9. The molecule has 11 nitrogen and oxygen atoms in total. The minimum Gasteiger partial charge on any atom is -0.339 e. The molecule has 1 aromatic carbocycles. The van der Waals surface area contributed by atoms with E-state index in [1.807, 2.05) is 0 Å². The molecule has 1 aliphatic heterocycles. The molecule has 13 heteroatoms. The number of nitrogens with two attached hydrogens (primary N) is 1. The normalized spacial score (nSPS) is 19.3. The number of aromatic nitrogens is 2. The molecule has 2 aliphatic rings. The van der Waals surface area contributed by atoms with Gasteiger partial charge in [0.2, 0.25) is 21.8 Å². The molecule has 0 atom stereocenters. The van der Waals surface area contributed by atoms with Gasteiger partial charge in [-0.2, -0.15) is 4.98 Å². The molecule has 1 saturated heterocycles. The summed E-state index contributed by atoms with van der Waals surface area (Å²) in [7, 11) is -3.85. The Balaban J connectivity index is 1.37. The minimum atomic E-state index is -3.85. The summed E-state index contributed by atoms with van der Waals surface area (Å²) in [5.41, 5.74) is 1.21. The molecule has 0 unspecified atom stereocenters. The molecule has 33 heavy (non-hydrogen) atoms. The molecule has 0 radical (unpaired) electrons. The summed E-state index contributed by atoms with van der Waals surface area (Å²) in [6, 6.07) is 5.25. The summed E-state index contributed by atoms with van der Waals surface area (Å²) >= 11 is 0.848. The third-order valence-corrected chi connectivity index (χ3v) is 7.41. The number of imide groups is 1. The van der Waals surface area contributed by atoms with Gasteiger partial charge in [-0.05, 0) is 68.6 Å². The number of sulfonamides is 1. The van der Waals surface area contributed by atoms with Crippen molar-refractivity contribution in [2.24, 2.45) is 5.14 Å². The Hall–Kier alpha value is -3.03. The highest BCUT2D eigenvalue weighted by Gasteiger charge is 2.39. The van der Waals surface area contributed by atoms with Gasteiger partial charge in [-0.3, -0.25) is 19.3 Å². The number of nitrogens with zero attached hydrogens (tertiary/aromatic N) is 3. The Kier molecular flexibility index (Phi) is 6.36. The molecule has 0 bridgehead atoms. The maximum atomic E-state index is 12.8. The van der Waals surface area contributed by atoms with Crippen LogP contribution in [0.2, 0.25) is 0 Å². The van der Waals surface area contributed by atoms with Crippen molar-refractivity contribution in [3.8, 4) is 0 Å². The Bertz CT molecular complexity index is 1240. The minimum absolute atomic E-state index is 0.0954. The van der Waals surface area contributed by atoms with Crippen molar-refractivity contribution in [3.05, 3.63) is 46.5 Å². The van der Waals surface area contributed by atoms with Crippen LogP contribution in [0.3, 0.4) is 0 Å². The number of nitrogens with one attached hydrogen (secondary N) is 1. The number of carbonyl (C=O) groups excluding carboxylic acids is 3. The predicted molar refractivity (Wildman–Crippen MR) is 118 cm³/mol. The van der Waals surface area contributed by atoms with E-state index in [0.29, 0.717) is 35.1 Å². The number of rotatable bonds is 5. The summed E-state index contributed by atoms with van der Waals surface area (Å²) in [6.07, 6.45) is 2.72. The van der Waals surface area contributed by atoms with Gasteiger partial charge < -0.3 is 9.84 Å². The van der Waals surface area contributed by atoms with Crippen LogP contribution in [0.15, 0.2) is 44.2 Å². The van der Waals surface area contributed by atoms with Gasteiger partial charge in [-0.15, -0.1) is 0 Å². The van der Waals surface area contributed by atoms with E-state index in [9.17, 15) is 22.8 Å². The molecule has 3 N–H and O–H groups in total. The molecule has 1 aromatic heterocycles. The number of hydrogen-bond donors (Lipinski definition) is 2. The van der Waals surface area contributed by atoms with Crippen molar-refractivity contribution >= 4 is 44.5 Å². The smallest absolute Gasteiger partial charge is 0.294 e. The lowest BCUT2D eigenvalue weighted by atomic mass is 9.85. The highest BCUT2D eigenvalue weighted by atomic mass is 32.2. The van der Waals surface area contributed by atoms with Gasteiger partial charge in [0.15, 0.2) is 5.82 Å². The van der Waals surface area contributed by atoms with Crippen LogP contribution in [0, 0.1) is 6.92 Å². The Labute approximate surface area is 193 Å². The van der Waals surface area contributed by atoms with Crippen molar-refractivity contribution in [1.29, 1.82) is 0 Å². The second-order valence-corrected chi connectivity index (χ2v) is 10.3. The standard InChI is InChI=1S/C20H21N5O6S2/c1-11-22-18(31-24-11)13-4-2-12(3-5-13)17-19(27)25(20(28)32-17)10-16(26)23-14-6-8-15(9-7-14)33(21,29)30/h6-9,13H,2-5,10H2,1H3,(H,23,26)(H2,21,29,30). The highest BCUT2D eigenvalue weighted by molar-refractivity contribution is 8.18. The molecular formula is C20H21N5O6S2. The fraction of sp³-hybridized carbons (Fsp3) is 0.350. The van der Waals surface area contributed by atoms with E-state index in [1.165, 1.54) is 24.3 Å². The first-order valence-corrected chi connectivity index (χ1v) is 12.5. The number of allylic oxidation sites excluding steroid dienone is 1. The monoisotopic (exact) mass is 491 g/mol. The van der Waals surface area contributed by atoms with Gasteiger partial charge in [-0.25, -0.2) is 13.6 Å². The van der Waals surface area contributed by atoms with Crippen LogP contribution >= 0.6 is 11.8 Å². The first-order chi connectivity index (χ1) is 15.6. The zero-order valence-corrected chi connectivity index (χ0v) is 19.2. The topological polar surface area (TPSA) is 166 Å². The lowest BCUT2D eigenvalue weighted by Gasteiger charge is -2.21. The van der Waals surface area contributed by atoms with Crippen LogP contribution in [0.25, 0.3) is 0 Å². The van der Waals surface area contributed by atoms with E-state index < -0.39 is 33.6 Å². The molecule has 2 aromatic rings. The van der Waals surface area contributed by atoms with Gasteiger partial charge >= 0.3 is 0 Å². The third-order valence-electron chi connectivity index (χ3n) is 5.42. The van der Waals surface area contributed by atoms with Crippen molar-refractivity contribution in [3.63, 3.8) is 0 Å². The van der Waals surface area contributed by atoms with Crippen LogP contribution in [0.1, 0.15) is 43.3 Å². The first-order valence-electron chi connectivity index (χ1n) is 10.1. The Morgan fingerprint density at radius 2 is 1.91 bits per heavy atom. The first kappa shape index (κ1) is 23.1. The average Bonchev–Trinajstić information content (AvgIpc) is 3.32. The highest BCUT2D eigenvalue weighted by Crippen LogP contribution is 2.41.